The van der Waals surface area contributed by atoms with E-state index in [1.165, 1.54) is 30.8 Å². The molecule has 4 nitrogen and oxygen atoms in total. The van der Waals surface area contributed by atoms with Crippen LogP contribution in [0.1, 0.15) is 19.8 Å². The Balaban J connectivity index is 1.50. The summed E-state index contributed by atoms with van der Waals surface area (Å²) in [6.45, 7) is 4.83. The van der Waals surface area contributed by atoms with Crippen LogP contribution in [-0.2, 0) is 0 Å². The lowest BCUT2D eigenvalue weighted by Gasteiger charge is -2.49. The van der Waals surface area contributed by atoms with E-state index < -0.39 is 0 Å². The molecule has 3 saturated heterocycles. The zero-order valence-corrected chi connectivity index (χ0v) is 13.0. The summed E-state index contributed by atoms with van der Waals surface area (Å²) in [5, 5.41) is 5.65. The SMILES string of the molecule is C[C@@H]1[C@@H](Nc2ncc(-c3cccs3)cn2)C2CCN1CC2. The molecule has 21 heavy (non-hydrogen) atoms. The Labute approximate surface area is 129 Å². The molecule has 0 unspecified atom stereocenters. The highest BCUT2D eigenvalue weighted by Crippen LogP contribution is 2.33. The Hall–Kier alpha value is -1.46. The molecular formula is C16H20N4S. The average molecular weight is 300 g/mol. The molecule has 0 saturated carbocycles. The van der Waals surface area contributed by atoms with Crippen molar-refractivity contribution in [3.05, 3.63) is 29.9 Å². The van der Waals surface area contributed by atoms with Crippen molar-refractivity contribution in [3.63, 3.8) is 0 Å². The molecule has 2 bridgehead atoms. The van der Waals surface area contributed by atoms with Crippen molar-refractivity contribution in [2.24, 2.45) is 5.92 Å². The molecule has 2 atom stereocenters. The molecule has 1 N–H and O–H groups in total. The van der Waals surface area contributed by atoms with Crippen molar-refractivity contribution in [2.75, 3.05) is 18.4 Å². The summed E-state index contributed by atoms with van der Waals surface area (Å²) in [4.78, 5) is 12.8. The summed E-state index contributed by atoms with van der Waals surface area (Å²) in [7, 11) is 0. The third-order valence-electron chi connectivity index (χ3n) is 4.93. The average Bonchev–Trinajstić information content (AvgIpc) is 3.06. The van der Waals surface area contributed by atoms with Gasteiger partial charge >= 0.3 is 0 Å². The predicted octanol–water partition coefficient (Wildman–Crippen LogP) is 3.10. The van der Waals surface area contributed by atoms with Gasteiger partial charge in [-0.3, -0.25) is 4.90 Å². The van der Waals surface area contributed by atoms with E-state index in [1.54, 1.807) is 11.3 Å². The summed E-state index contributed by atoms with van der Waals surface area (Å²) in [6.07, 6.45) is 6.45. The predicted molar refractivity (Wildman–Crippen MR) is 86.5 cm³/mol. The molecule has 5 heterocycles. The van der Waals surface area contributed by atoms with Gasteiger partial charge in [-0.05, 0) is 50.2 Å². The molecular weight excluding hydrogens is 280 g/mol. The summed E-state index contributed by atoms with van der Waals surface area (Å²) in [5.41, 5.74) is 1.09. The number of hydrogen-bond donors (Lipinski definition) is 1. The number of anilines is 1. The Kier molecular flexibility index (Phi) is 3.39. The van der Waals surface area contributed by atoms with Gasteiger partial charge in [-0.25, -0.2) is 9.97 Å². The van der Waals surface area contributed by atoms with Gasteiger partial charge < -0.3 is 5.32 Å². The lowest BCUT2D eigenvalue weighted by atomic mass is 9.79. The van der Waals surface area contributed by atoms with E-state index in [0.29, 0.717) is 12.1 Å². The Morgan fingerprint density at radius 2 is 2.00 bits per heavy atom. The second-order valence-corrected chi connectivity index (χ2v) is 7.00. The van der Waals surface area contributed by atoms with Gasteiger partial charge in [0.2, 0.25) is 5.95 Å². The monoisotopic (exact) mass is 300 g/mol. The molecule has 110 valence electrons. The zero-order chi connectivity index (χ0) is 14.2. The molecule has 0 aliphatic carbocycles. The van der Waals surface area contributed by atoms with Crippen LogP contribution in [0.15, 0.2) is 29.9 Å². The Bertz CT molecular complexity index is 585. The maximum absolute atomic E-state index is 4.51. The van der Waals surface area contributed by atoms with Crippen LogP contribution in [0.25, 0.3) is 10.4 Å². The molecule has 2 aromatic rings. The number of aromatic nitrogens is 2. The fourth-order valence-electron chi connectivity index (χ4n) is 3.67. The van der Waals surface area contributed by atoms with Crippen molar-refractivity contribution in [2.45, 2.75) is 31.8 Å². The quantitative estimate of drug-likeness (QED) is 0.945. The van der Waals surface area contributed by atoms with E-state index in [-0.39, 0.29) is 0 Å². The highest BCUT2D eigenvalue weighted by atomic mass is 32.1. The minimum atomic E-state index is 0.486. The van der Waals surface area contributed by atoms with E-state index in [0.717, 1.165) is 17.4 Å². The minimum Gasteiger partial charge on any atom is -0.350 e. The number of thiophene rings is 1. The van der Waals surface area contributed by atoms with Gasteiger partial charge in [-0.2, -0.15) is 0 Å². The molecule has 0 aromatic carbocycles. The first kappa shape index (κ1) is 13.2. The Morgan fingerprint density at radius 3 is 2.62 bits per heavy atom. The first-order valence-electron chi connectivity index (χ1n) is 7.68. The summed E-state index contributed by atoms with van der Waals surface area (Å²) < 4.78 is 0. The molecule has 3 aliphatic rings. The van der Waals surface area contributed by atoms with Crippen molar-refractivity contribution in [1.82, 2.24) is 14.9 Å². The van der Waals surface area contributed by atoms with E-state index in [2.05, 4.69) is 44.6 Å². The van der Waals surface area contributed by atoms with Crippen LogP contribution in [0.3, 0.4) is 0 Å². The first-order valence-corrected chi connectivity index (χ1v) is 8.56. The molecule has 5 heteroatoms. The van der Waals surface area contributed by atoms with Crippen molar-refractivity contribution < 1.29 is 0 Å². The van der Waals surface area contributed by atoms with Crippen LogP contribution in [0.5, 0.6) is 0 Å². The van der Waals surface area contributed by atoms with Gasteiger partial charge in [0.15, 0.2) is 0 Å². The zero-order valence-electron chi connectivity index (χ0n) is 12.2. The number of nitrogens with zero attached hydrogens (tertiary/aromatic N) is 3. The van der Waals surface area contributed by atoms with Crippen LogP contribution < -0.4 is 5.32 Å². The fourth-order valence-corrected chi connectivity index (χ4v) is 4.37. The van der Waals surface area contributed by atoms with Gasteiger partial charge in [0.1, 0.15) is 0 Å². The Morgan fingerprint density at radius 1 is 1.24 bits per heavy atom. The van der Waals surface area contributed by atoms with Crippen molar-refractivity contribution in [3.8, 4) is 10.4 Å². The summed E-state index contributed by atoms with van der Waals surface area (Å²) in [6, 6.07) is 5.23. The molecule has 0 radical (unpaired) electrons. The second kappa shape index (κ2) is 5.39. The van der Waals surface area contributed by atoms with Gasteiger partial charge in [0.25, 0.3) is 0 Å². The molecule has 2 aromatic heterocycles. The molecule has 5 rings (SSSR count). The van der Waals surface area contributed by atoms with Gasteiger partial charge in [0.05, 0.1) is 0 Å². The van der Waals surface area contributed by atoms with Crippen LogP contribution >= 0.6 is 11.3 Å². The maximum Gasteiger partial charge on any atom is 0.222 e. The number of nitrogens with one attached hydrogen (secondary N) is 1. The lowest BCUT2D eigenvalue weighted by Crippen LogP contribution is -2.59. The summed E-state index contributed by atoms with van der Waals surface area (Å²) in [5.74, 6) is 1.53. The third-order valence-corrected chi connectivity index (χ3v) is 5.85. The fraction of sp³-hybridized carbons (Fsp3) is 0.500. The van der Waals surface area contributed by atoms with Crippen LogP contribution in [0, 0.1) is 5.92 Å². The van der Waals surface area contributed by atoms with Gasteiger partial charge in [0, 0.05) is 34.9 Å². The number of piperidine rings is 3. The largest absolute Gasteiger partial charge is 0.350 e. The smallest absolute Gasteiger partial charge is 0.222 e. The normalized spacial score (nSPS) is 31.3. The van der Waals surface area contributed by atoms with Crippen molar-refractivity contribution in [1.29, 1.82) is 0 Å². The number of hydrogen-bond acceptors (Lipinski definition) is 5. The van der Waals surface area contributed by atoms with Gasteiger partial charge in [-0.15, -0.1) is 11.3 Å². The van der Waals surface area contributed by atoms with E-state index in [9.17, 15) is 0 Å². The number of fused-ring (bicyclic) bond motifs is 3. The van der Waals surface area contributed by atoms with Gasteiger partial charge in [-0.1, -0.05) is 6.07 Å². The minimum absolute atomic E-state index is 0.486. The molecule has 0 amide bonds. The third kappa shape index (κ3) is 2.45. The van der Waals surface area contributed by atoms with Crippen LogP contribution in [0.2, 0.25) is 0 Å². The lowest BCUT2D eigenvalue weighted by molar-refractivity contribution is 0.0455. The second-order valence-electron chi connectivity index (χ2n) is 6.06. The maximum atomic E-state index is 4.51. The standard InChI is InChI=1S/C16H20N4S/c1-11-15(12-4-6-20(11)7-5-12)19-16-17-9-13(10-18-16)14-3-2-8-21-14/h2-3,8-12,15H,4-7H2,1H3,(H,17,18,19)/t11-,15-/m1/s1. The molecule has 3 aliphatic heterocycles. The van der Waals surface area contributed by atoms with Crippen molar-refractivity contribution >= 4 is 17.3 Å². The van der Waals surface area contributed by atoms with Crippen LogP contribution in [0.4, 0.5) is 5.95 Å². The topological polar surface area (TPSA) is 41.1 Å². The van der Waals surface area contributed by atoms with E-state index >= 15 is 0 Å². The highest BCUT2D eigenvalue weighted by molar-refractivity contribution is 7.13. The highest BCUT2D eigenvalue weighted by Gasteiger charge is 2.39. The number of rotatable bonds is 3. The van der Waals surface area contributed by atoms with E-state index in [4.69, 9.17) is 0 Å². The molecule has 0 spiro atoms. The summed E-state index contributed by atoms with van der Waals surface area (Å²) >= 11 is 1.72. The molecule has 3 fully saturated rings. The first-order chi connectivity index (χ1) is 10.3. The van der Waals surface area contributed by atoms with Crippen LogP contribution in [-0.4, -0.2) is 40.0 Å². The van der Waals surface area contributed by atoms with E-state index in [1.807, 2.05) is 12.4 Å².